The van der Waals surface area contributed by atoms with Gasteiger partial charge in [-0.3, -0.25) is 9.89 Å². The number of nitrogens with zero attached hydrogens (tertiary/aromatic N) is 2. The highest BCUT2D eigenvalue weighted by molar-refractivity contribution is 7.99. The second-order valence-corrected chi connectivity index (χ2v) is 7.10. The van der Waals surface area contributed by atoms with Crippen molar-refractivity contribution in [1.82, 2.24) is 15.2 Å². The van der Waals surface area contributed by atoms with Gasteiger partial charge in [0, 0.05) is 10.6 Å². The number of aromatic nitrogens is 3. The van der Waals surface area contributed by atoms with Gasteiger partial charge in [-0.25, -0.2) is 4.98 Å². The molecule has 3 aromatic rings. The molecule has 2 N–H and O–H groups in total. The van der Waals surface area contributed by atoms with Crippen molar-refractivity contribution in [3.8, 4) is 17.1 Å². The summed E-state index contributed by atoms with van der Waals surface area (Å²) in [6.07, 6.45) is -4.64. The molecule has 6 nitrogen and oxygen atoms in total. The molecule has 0 saturated heterocycles. The fraction of sp³-hybridized carbons (Fsp3) is 0.167. The highest BCUT2D eigenvalue weighted by atomic mass is 35.5. The van der Waals surface area contributed by atoms with Gasteiger partial charge in [0.25, 0.3) is 0 Å². The lowest BCUT2D eigenvalue weighted by Crippen LogP contribution is -2.18. The zero-order chi connectivity index (χ0) is 21.0. The first-order valence-electron chi connectivity index (χ1n) is 8.12. The number of rotatable bonds is 6. The van der Waals surface area contributed by atoms with E-state index in [1.165, 1.54) is 6.07 Å². The van der Waals surface area contributed by atoms with E-state index in [-0.39, 0.29) is 21.6 Å². The molecule has 0 fully saturated rings. The second-order valence-electron chi connectivity index (χ2n) is 5.72. The van der Waals surface area contributed by atoms with Crippen molar-refractivity contribution < 1.29 is 22.7 Å². The third-order valence-electron chi connectivity index (χ3n) is 3.72. The number of amides is 1. The largest absolute Gasteiger partial charge is 0.497 e. The van der Waals surface area contributed by atoms with Crippen LogP contribution in [-0.2, 0) is 11.0 Å². The molecule has 3 rings (SSSR count). The molecule has 1 aromatic heterocycles. The Balaban J connectivity index is 1.63. The van der Waals surface area contributed by atoms with E-state index in [0.717, 1.165) is 29.5 Å². The number of alkyl halides is 3. The molecule has 2 aromatic carbocycles. The number of aromatic amines is 1. The standard InChI is InChI=1S/C18H14ClF3N4O2S/c1-28-12-5-2-10(3-6-12)16-24-17(26-25-16)29-9-15(27)23-14-7-4-11(19)8-13(14)18(20,21)22/h2-8H,9H2,1H3,(H,23,27)(H,24,25,26). The van der Waals surface area contributed by atoms with Gasteiger partial charge in [0.1, 0.15) is 5.75 Å². The normalized spacial score (nSPS) is 11.3. The molecule has 0 aliphatic carbocycles. The summed E-state index contributed by atoms with van der Waals surface area (Å²) in [4.78, 5) is 16.3. The van der Waals surface area contributed by atoms with Crippen molar-refractivity contribution in [3.05, 3.63) is 53.1 Å². The highest BCUT2D eigenvalue weighted by Crippen LogP contribution is 2.36. The predicted molar refractivity (Wildman–Crippen MR) is 104 cm³/mol. The van der Waals surface area contributed by atoms with Crippen molar-refractivity contribution in [2.75, 3.05) is 18.2 Å². The predicted octanol–water partition coefficient (Wildman–Crippen LogP) is 4.88. The summed E-state index contributed by atoms with van der Waals surface area (Å²) < 4.78 is 44.4. The lowest BCUT2D eigenvalue weighted by atomic mass is 10.1. The summed E-state index contributed by atoms with van der Waals surface area (Å²) in [6, 6.07) is 10.3. The Morgan fingerprint density at radius 3 is 2.62 bits per heavy atom. The summed E-state index contributed by atoms with van der Waals surface area (Å²) >= 11 is 6.62. The first kappa shape index (κ1) is 21.0. The van der Waals surface area contributed by atoms with Crippen LogP contribution < -0.4 is 10.1 Å². The van der Waals surface area contributed by atoms with E-state index in [9.17, 15) is 18.0 Å². The molecule has 0 aliphatic heterocycles. The summed E-state index contributed by atoms with van der Waals surface area (Å²) in [7, 11) is 1.56. The van der Waals surface area contributed by atoms with Crippen LogP contribution in [0.15, 0.2) is 47.6 Å². The number of benzene rings is 2. The molecule has 29 heavy (non-hydrogen) atoms. The van der Waals surface area contributed by atoms with E-state index < -0.39 is 17.6 Å². The van der Waals surface area contributed by atoms with Gasteiger partial charge >= 0.3 is 6.18 Å². The molecule has 0 saturated carbocycles. The minimum Gasteiger partial charge on any atom is -0.497 e. The SMILES string of the molecule is COc1ccc(-c2nc(SCC(=O)Nc3ccc(Cl)cc3C(F)(F)F)n[nH]2)cc1. The first-order valence-corrected chi connectivity index (χ1v) is 9.49. The van der Waals surface area contributed by atoms with Crippen molar-refractivity contribution in [3.63, 3.8) is 0 Å². The summed E-state index contributed by atoms with van der Waals surface area (Å²) in [6.45, 7) is 0. The summed E-state index contributed by atoms with van der Waals surface area (Å²) in [5.41, 5.74) is -0.602. The first-order chi connectivity index (χ1) is 13.8. The molecule has 0 spiro atoms. The number of halogens is 4. The maximum atomic E-state index is 13.1. The Labute approximate surface area is 172 Å². The number of ether oxygens (including phenoxy) is 1. The molecular weight excluding hydrogens is 429 g/mol. The Morgan fingerprint density at radius 2 is 1.97 bits per heavy atom. The fourth-order valence-electron chi connectivity index (χ4n) is 2.37. The van der Waals surface area contributed by atoms with Gasteiger partial charge in [0.05, 0.1) is 24.1 Å². The lowest BCUT2D eigenvalue weighted by Gasteiger charge is -2.13. The molecule has 0 aliphatic rings. The molecule has 1 amide bonds. The third-order valence-corrected chi connectivity index (χ3v) is 4.80. The quantitative estimate of drug-likeness (QED) is 0.532. The average Bonchev–Trinajstić information content (AvgIpc) is 3.16. The van der Waals surface area contributed by atoms with Crippen LogP contribution in [0.1, 0.15) is 5.56 Å². The van der Waals surface area contributed by atoms with Crippen LogP contribution in [-0.4, -0.2) is 34.0 Å². The molecule has 1 heterocycles. The van der Waals surface area contributed by atoms with Crippen LogP contribution in [0, 0.1) is 0 Å². The number of carbonyl (C=O) groups is 1. The van der Waals surface area contributed by atoms with E-state index in [4.69, 9.17) is 16.3 Å². The Bertz CT molecular complexity index is 1010. The minimum absolute atomic E-state index is 0.0727. The number of carbonyl (C=O) groups excluding carboxylic acids is 1. The molecule has 0 radical (unpaired) electrons. The van der Waals surface area contributed by atoms with Crippen molar-refractivity contribution >= 4 is 35.0 Å². The van der Waals surface area contributed by atoms with Crippen molar-refractivity contribution in [2.45, 2.75) is 11.3 Å². The number of H-pyrrole nitrogens is 1. The number of nitrogens with one attached hydrogen (secondary N) is 2. The molecule has 0 unspecified atom stereocenters. The van der Waals surface area contributed by atoms with Gasteiger partial charge in [-0.2, -0.15) is 13.2 Å². The molecule has 11 heteroatoms. The van der Waals surface area contributed by atoms with Gasteiger partial charge in [-0.15, -0.1) is 5.10 Å². The monoisotopic (exact) mass is 442 g/mol. The lowest BCUT2D eigenvalue weighted by molar-refractivity contribution is -0.137. The molecule has 0 bridgehead atoms. The average molecular weight is 443 g/mol. The Morgan fingerprint density at radius 1 is 1.24 bits per heavy atom. The topological polar surface area (TPSA) is 79.9 Å². The number of methoxy groups -OCH3 is 1. The Kier molecular flexibility index (Phi) is 6.33. The number of hydrogen-bond donors (Lipinski definition) is 2. The minimum atomic E-state index is -4.64. The maximum absolute atomic E-state index is 13.1. The van der Waals surface area contributed by atoms with Crippen LogP contribution in [0.25, 0.3) is 11.4 Å². The number of hydrogen-bond acceptors (Lipinski definition) is 5. The van der Waals surface area contributed by atoms with Gasteiger partial charge in [0.15, 0.2) is 5.82 Å². The van der Waals surface area contributed by atoms with Crippen molar-refractivity contribution in [1.29, 1.82) is 0 Å². The van der Waals surface area contributed by atoms with Gasteiger partial charge in [0.2, 0.25) is 11.1 Å². The van der Waals surface area contributed by atoms with Crippen LogP contribution >= 0.6 is 23.4 Å². The van der Waals surface area contributed by atoms with Crippen LogP contribution in [0.2, 0.25) is 5.02 Å². The fourth-order valence-corrected chi connectivity index (χ4v) is 3.14. The van der Waals surface area contributed by atoms with Gasteiger partial charge in [-0.1, -0.05) is 23.4 Å². The molecule has 152 valence electrons. The zero-order valence-electron chi connectivity index (χ0n) is 14.9. The third kappa shape index (κ3) is 5.42. The van der Waals surface area contributed by atoms with Crippen LogP contribution in [0.5, 0.6) is 5.75 Å². The van der Waals surface area contributed by atoms with Crippen LogP contribution in [0.4, 0.5) is 18.9 Å². The van der Waals surface area contributed by atoms with Crippen molar-refractivity contribution in [2.24, 2.45) is 0 Å². The van der Waals surface area contributed by atoms with Crippen LogP contribution in [0.3, 0.4) is 0 Å². The highest BCUT2D eigenvalue weighted by Gasteiger charge is 2.34. The van der Waals surface area contributed by atoms with E-state index in [2.05, 4.69) is 20.5 Å². The molecule has 0 atom stereocenters. The summed E-state index contributed by atoms with van der Waals surface area (Å²) in [5.74, 6) is 0.394. The smallest absolute Gasteiger partial charge is 0.418 e. The second kappa shape index (κ2) is 8.75. The summed E-state index contributed by atoms with van der Waals surface area (Å²) in [5, 5.41) is 9.22. The van der Waals surface area contributed by atoms with E-state index in [0.29, 0.717) is 11.6 Å². The van der Waals surface area contributed by atoms with Gasteiger partial charge < -0.3 is 10.1 Å². The molecular formula is C18H14ClF3N4O2S. The van der Waals surface area contributed by atoms with E-state index in [1.54, 1.807) is 31.4 Å². The zero-order valence-corrected chi connectivity index (χ0v) is 16.5. The number of anilines is 1. The van der Waals surface area contributed by atoms with E-state index in [1.807, 2.05) is 0 Å². The van der Waals surface area contributed by atoms with E-state index >= 15 is 0 Å². The number of thioether (sulfide) groups is 1. The Hall–Kier alpha value is -2.72. The van der Waals surface area contributed by atoms with Gasteiger partial charge in [-0.05, 0) is 42.5 Å². The maximum Gasteiger partial charge on any atom is 0.418 e.